The summed E-state index contributed by atoms with van der Waals surface area (Å²) in [7, 11) is -3.31. The molecule has 19 heavy (non-hydrogen) atoms. The van der Waals surface area contributed by atoms with E-state index < -0.39 is 10.0 Å². The van der Waals surface area contributed by atoms with Gasteiger partial charge in [-0.05, 0) is 36.6 Å². The molecule has 1 aliphatic rings. The lowest BCUT2D eigenvalue weighted by Crippen LogP contribution is -2.28. The summed E-state index contributed by atoms with van der Waals surface area (Å²) in [6.07, 6.45) is 0.955. The second-order valence-corrected chi connectivity index (χ2v) is 7.12. The van der Waals surface area contributed by atoms with Gasteiger partial charge in [-0.1, -0.05) is 26.0 Å². The van der Waals surface area contributed by atoms with Crippen LogP contribution in [0.15, 0.2) is 29.2 Å². The van der Waals surface area contributed by atoms with Crippen molar-refractivity contribution in [2.24, 2.45) is 5.92 Å². The van der Waals surface area contributed by atoms with E-state index in [9.17, 15) is 8.42 Å². The van der Waals surface area contributed by atoms with Gasteiger partial charge in [0.2, 0.25) is 10.0 Å². The molecule has 0 aliphatic carbocycles. The summed E-state index contributed by atoms with van der Waals surface area (Å²) in [5, 5.41) is 3.21. The first-order chi connectivity index (χ1) is 9.04. The van der Waals surface area contributed by atoms with E-state index in [-0.39, 0.29) is 0 Å². The van der Waals surface area contributed by atoms with E-state index in [1.807, 2.05) is 19.1 Å². The van der Waals surface area contributed by atoms with Crippen LogP contribution < -0.4 is 5.32 Å². The van der Waals surface area contributed by atoms with Crippen LogP contribution in [0.1, 0.15) is 25.8 Å². The van der Waals surface area contributed by atoms with Gasteiger partial charge in [-0.2, -0.15) is 4.31 Å². The molecule has 5 heteroatoms. The van der Waals surface area contributed by atoms with Crippen LogP contribution in [-0.4, -0.2) is 32.4 Å². The van der Waals surface area contributed by atoms with Crippen molar-refractivity contribution in [2.75, 3.05) is 19.6 Å². The molecule has 0 saturated carbocycles. The highest BCUT2D eigenvalue weighted by Crippen LogP contribution is 2.24. The first-order valence-electron chi connectivity index (χ1n) is 6.84. The van der Waals surface area contributed by atoms with Gasteiger partial charge < -0.3 is 5.32 Å². The lowest BCUT2D eigenvalue weighted by Gasteiger charge is -2.16. The summed E-state index contributed by atoms with van der Waals surface area (Å²) in [5.74, 6) is 0.458. The Morgan fingerprint density at radius 1 is 1.42 bits per heavy atom. The van der Waals surface area contributed by atoms with Gasteiger partial charge in [0, 0.05) is 19.6 Å². The maximum absolute atomic E-state index is 12.5. The SMILES string of the molecule is CCNCc1cccc(S(=O)(=O)N2CCC(C)C2)c1. The van der Waals surface area contributed by atoms with Gasteiger partial charge in [-0.15, -0.1) is 0 Å². The van der Waals surface area contributed by atoms with E-state index >= 15 is 0 Å². The third-order valence-electron chi connectivity index (χ3n) is 3.50. The molecule has 1 fully saturated rings. The van der Waals surface area contributed by atoms with Crippen LogP contribution in [0.4, 0.5) is 0 Å². The van der Waals surface area contributed by atoms with E-state index in [4.69, 9.17) is 0 Å². The fourth-order valence-corrected chi connectivity index (χ4v) is 3.99. The number of nitrogens with one attached hydrogen (secondary N) is 1. The quantitative estimate of drug-likeness (QED) is 0.896. The third kappa shape index (κ3) is 3.35. The molecule has 2 rings (SSSR count). The highest BCUT2D eigenvalue weighted by atomic mass is 32.2. The summed E-state index contributed by atoms with van der Waals surface area (Å²) in [6.45, 7) is 6.99. The largest absolute Gasteiger partial charge is 0.313 e. The van der Waals surface area contributed by atoms with Crippen LogP contribution in [0.5, 0.6) is 0 Å². The Morgan fingerprint density at radius 2 is 2.21 bits per heavy atom. The Hall–Kier alpha value is -0.910. The molecule has 106 valence electrons. The minimum Gasteiger partial charge on any atom is -0.313 e. The standard InChI is InChI=1S/C14H22N2O2S/c1-3-15-10-13-5-4-6-14(9-13)19(17,18)16-8-7-12(2)11-16/h4-6,9,12,15H,3,7-8,10-11H2,1-2H3. The lowest BCUT2D eigenvalue weighted by atomic mass is 10.2. The Kier molecular flexibility index (Phi) is 4.60. The first kappa shape index (κ1) is 14.5. The van der Waals surface area contributed by atoms with Gasteiger partial charge in [0.1, 0.15) is 0 Å². The average Bonchev–Trinajstić information content (AvgIpc) is 2.84. The van der Waals surface area contributed by atoms with E-state index in [1.54, 1.807) is 16.4 Å². The Balaban J connectivity index is 2.20. The maximum Gasteiger partial charge on any atom is 0.243 e. The molecule has 0 spiro atoms. The highest BCUT2D eigenvalue weighted by Gasteiger charge is 2.30. The summed E-state index contributed by atoms with van der Waals surface area (Å²) < 4.78 is 26.6. The second kappa shape index (κ2) is 6.03. The predicted molar refractivity (Wildman–Crippen MR) is 76.4 cm³/mol. The Morgan fingerprint density at radius 3 is 2.84 bits per heavy atom. The molecule has 1 saturated heterocycles. The van der Waals surface area contributed by atoms with Crippen LogP contribution in [0.2, 0.25) is 0 Å². The fourth-order valence-electron chi connectivity index (χ4n) is 2.35. The third-order valence-corrected chi connectivity index (χ3v) is 5.36. The molecule has 0 aromatic heterocycles. The lowest BCUT2D eigenvalue weighted by molar-refractivity contribution is 0.464. The number of hydrogen-bond donors (Lipinski definition) is 1. The van der Waals surface area contributed by atoms with Gasteiger partial charge in [-0.25, -0.2) is 8.42 Å². The topological polar surface area (TPSA) is 49.4 Å². The molecular formula is C14H22N2O2S. The number of benzene rings is 1. The smallest absolute Gasteiger partial charge is 0.243 e. The van der Waals surface area contributed by atoms with Gasteiger partial charge in [0.25, 0.3) is 0 Å². The highest BCUT2D eigenvalue weighted by molar-refractivity contribution is 7.89. The average molecular weight is 282 g/mol. The van der Waals surface area contributed by atoms with Gasteiger partial charge in [-0.3, -0.25) is 0 Å². The molecule has 1 aromatic rings. The molecule has 1 atom stereocenters. The molecular weight excluding hydrogens is 260 g/mol. The zero-order valence-electron chi connectivity index (χ0n) is 11.6. The summed E-state index contributed by atoms with van der Waals surface area (Å²) in [5.41, 5.74) is 1.01. The molecule has 0 radical (unpaired) electrons. The predicted octanol–water partition coefficient (Wildman–Crippen LogP) is 1.83. The van der Waals surface area contributed by atoms with E-state index in [0.29, 0.717) is 30.4 Å². The monoisotopic (exact) mass is 282 g/mol. The zero-order chi connectivity index (χ0) is 13.9. The summed E-state index contributed by atoms with van der Waals surface area (Å²) in [6, 6.07) is 7.24. The molecule has 1 aromatic carbocycles. The van der Waals surface area contributed by atoms with Crippen molar-refractivity contribution in [3.05, 3.63) is 29.8 Å². The van der Waals surface area contributed by atoms with Crippen molar-refractivity contribution < 1.29 is 8.42 Å². The van der Waals surface area contributed by atoms with Crippen LogP contribution >= 0.6 is 0 Å². The van der Waals surface area contributed by atoms with Crippen molar-refractivity contribution in [3.63, 3.8) is 0 Å². The molecule has 1 N–H and O–H groups in total. The van der Waals surface area contributed by atoms with Crippen molar-refractivity contribution >= 4 is 10.0 Å². The zero-order valence-corrected chi connectivity index (χ0v) is 12.4. The summed E-state index contributed by atoms with van der Waals surface area (Å²) >= 11 is 0. The molecule has 1 aliphatic heterocycles. The van der Waals surface area contributed by atoms with Crippen molar-refractivity contribution in [1.82, 2.24) is 9.62 Å². The maximum atomic E-state index is 12.5. The Labute approximate surface area is 115 Å². The van der Waals surface area contributed by atoms with Crippen LogP contribution in [0.25, 0.3) is 0 Å². The van der Waals surface area contributed by atoms with Crippen LogP contribution in [0, 0.1) is 5.92 Å². The molecule has 0 bridgehead atoms. The van der Waals surface area contributed by atoms with Crippen LogP contribution in [-0.2, 0) is 16.6 Å². The normalized spacial score (nSPS) is 20.8. The summed E-state index contributed by atoms with van der Waals surface area (Å²) in [4.78, 5) is 0.414. The van der Waals surface area contributed by atoms with E-state index in [0.717, 1.165) is 18.5 Å². The molecule has 1 heterocycles. The number of sulfonamides is 1. The number of rotatable bonds is 5. The molecule has 1 unspecified atom stereocenters. The van der Waals surface area contributed by atoms with Crippen molar-refractivity contribution in [2.45, 2.75) is 31.7 Å². The Bertz CT molecular complexity index is 528. The number of nitrogens with zero attached hydrogens (tertiary/aromatic N) is 1. The minimum atomic E-state index is -3.31. The van der Waals surface area contributed by atoms with Crippen LogP contribution in [0.3, 0.4) is 0 Å². The van der Waals surface area contributed by atoms with E-state index in [1.165, 1.54) is 0 Å². The molecule has 0 amide bonds. The second-order valence-electron chi connectivity index (χ2n) is 5.18. The van der Waals surface area contributed by atoms with Gasteiger partial charge in [0.05, 0.1) is 4.90 Å². The van der Waals surface area contributed by atoms with Crippen molar-refractivity contribution in [1.29, 1.82) is 0 Å². The fraction of sp³-hybridized carbons (Fsp3) is 0.571. The number of hydrogen-bond acceptors (Lipinski definition) is 3. The van der Waals surface area contributed by atoms with E-state index in [2.05, 4.69) is 12.2 Å². The van der Waals surface area contributed by atoms with Gasteiger partial charge >= 0.3 is 0 Å². The minimum absolute atomic E-state index is 0.414. The first-order valence-corrected chi connectivity index (χ1v) is 8.28. The van der Waals surface area contributed by atoms with Crippen molar-refractivity contribution in [3.8, 4) is 0 Å². The molecule has 4 nitrogen and oxygen atoms in total. The van der Waals surface area contributed by atoms with Gasteiger partial charge in [0.15, 0.2) is 0 Å².